The minimum absolute atomic E-state index is 0.593. The van der Waals surface area contributed by atoms with Crippen LogP contribution in [0.5, 0.6) is 0 Å². The number of aryl methyl sites for hydroxylation is 1. The van der Waals surface area contributed by atoms with Gasteiger partial charge in [0.05, 0.1) is 0 Å². The average Bonchev–Trinajstić information content (AvgIpc) is 2.33. The molecule has 0 aliphatic rings. The van der Waals surface area contributed by atoms with E-state index in [9.17, 15) is 0 Å². The number of pyridine rings is 1. The van der Waals surface area contributed by atoms with E-state index in [-0.39, 0.29) is 0 Å². The van der Waals surface area contributed by atoms with Crippen molar-refractivity contribution in [3.63, 3.8) is 0 Å². The zero-order valence-electron chi connectivity index (χ0n) is 9.18. The maximum Gasteiger partial charge on any atom is 0.101 e. The average molecular weight is 230 g/mol. The largest absolute Gasteiger partial charge is 0.326 e. The monoisotopic (exact) mass is 230 g/mol. The molecule has 2 N–H and O–H groups in total. The van der Waals surface area contributed by atoms with E-state index >= 15 is 0 Å². The van der Waals surface area contributed by atoms with Crippen LogP contribution < -0.4 is 5.73 Å². The van der Waals surface area contributed by atoms with E-state index in [1.165, 1.54) is 16.0 Å². The van der Waals surface area contributed by atoms with E-state index in [1.807, 2.05) is 24.4 Å². The molecule has 1 aromatic heterocycles. The Balaban J connectivity index is 2.22. The normalized spacial score (nSPS) is 10.4. The van der Waals surface area contributed by atoms with Crippen LogP contribution in [-0.4, -0.2) is 4.98 Å². The molecule has 82 valence electrons. The first-order valence-corrected chi connectivity index (χ1v) is 6.00. The third kappa shape index (κ3) is 2.62. The minimum Gasteiger partial charge on any atom is -0.326 e. The molecule has 0 radical (unpaired) electrons. The Morgan fingerprint density at radius 1 is 1.25 bits per heavy atom. The van der Waals surface area contributed by atoms with Crippen molar-refractivity contribution in [2.45, 2.75) is 23.4 Å². The molecular weight excluding hydrogens is 216 g/mol. The number of hydrogen-bond donors (Lipinski definition) is 1. The van der Waals surface area contributed by atoms with Gasteiger partial charge in [-0.15, -0.1) is 0 Å². The van der Waals surface area contributed by atoms with E-state index < -0.39 is 0 Å². The summed E-state index contributed by atoms with van der Waals surface area (Å²) >= 11 is 1.68. The maximum atomic E-state index is 5.60. The highest BCUT2D eigenvalue weighted by Crippen LogP contribution is 2.28. The van der Waals surface area contributed by atoms with Crippen molar-refractivity contribution in [3.05, 3.63) is 53.7 Å². The summed E-state index contributed by atoms with van der Waals surface area (Å²) in [4.78, 5) is 5.53. The molecule has 16 heavy (non-hydrogen) atoms. The van der Waals surface area contributed by atoms with Gasteiger partial charge in [0.15, 0.2) is 0 Å². The lowest BCUT2D eigenvalue weighted by atomic mass is 10.1. The van der Waals surface area contributed by atoms with Crippen molar-refractivity contribution in [3.8, 4) is 0 Å². The fraction of sp³-hybridized carbons (Fsp3) is 0.154. The van der Waals surface area contributed by atoms with Gasteiger partial charge in [-0.1, -0.05) is 30.0 Å². The SMILES string of the molecule is Cc1cc(CN)ccc1Sc1ccccn1. The number of rotatable bonds is 3. The van der Waals surface area contributed by atoms with Gasteiger partial charge in [-0.2, -0.15) is 0 Å². The molecule has 0 unspecified atom stereocenters. The first-order chi connectivity index (χ1) is 7.79. The standard InChI is InChI=1S/C13H14N2S/c1-10-8-11(9-14)5-6-12(10)16-13-4-2-3-7-15-13/h2-8H,9,14H2,1H3. The molecule has 2 nitrogen and oxygen atoms in total. The summed E-state index contributed by atoms with van der Waals surface area (Å²) in [6.07, 6.45) is 1.81. The number of nitrogens with zero attached hydrogens (tertiary/aromatic N) is 1. The van der Waals surface area contributed by atoms with E-state index in [4.69, 9.17) is 5.73 Å². The Kier molecular flexibility index (Phi) is 3.59. The van der Waals surface area contributed by atoms with E-state index in [0.29, 0.717) is 6.54 Å². The highest BCUT2D eigenvalue weighted by atomic mass is 32.2. The van der Waals surface area contributed by atoms with Gasteiger partial charge in [-0.05, 0) is 36.2 Å². The molecule has 0 aliphatic carbocycles. The lowest BCUT2D eigenvalue weighted by Crippen LogP contribution is -1.96. The Labute approximate surface area is 99.9 Å². The topological polar surface area (TPSA) is 38.9 Å². The van der Waals surface area contributed by atoms with Gasteiger partial charge < -0.3 is 5.73 Å². The zero-order chi connectivity index (χ0) is 11.4. The predicted octanol–water partition coefficient (Wildman–Crippen LogP) is 3.00. The lowest BCUT2D eigenvalue weighted by Gasteiger charge is -2.06. The molecule has 1 aromatic carbocycles. The first-order valence-electron chi connectivity index (χ1n) is 5.18. The molecule has 2 aromatic rings. The van der Waals surface area contributed by atoms with Crippen molar-refractivity contribution in [2.75, 3.05) is 0 Å². The van der Waals surface area contributed by atoms with Crippen molar-refractivity contribution in [1.82, 2.24) is 4.98 Å². The van der Waals surface area contributed by atoms with Gasteiger partial charge in [0, 0.05) is 17.6 Å². The van der Waals surface area contributed by atoms with Gasteiger partial charge in [-0.3, -0.25) is 0 Å². The molecule has 0 fully saturated rings. The summed E-state index contributed by atoms with van der Waals surface area (Å²) < 4.78 is 0. The number of nitrogens with two attached hydrogens (primary N) is 1. The summed E-state index contributed by atoms with van der Waals surface area (Å²) in [6.45, 7) is 2.69. The Hall–Kier alpha value is -1.32. The Morgan fingerprint density at radius 3 is 2.75 bits per heavy atom. The summed E-state index contributed by atoms with van der Waals surface area (Å²) in [7, 11) is 0. The molecule has 0 saturated carbocycles. The van der Waals surface area contributed by atoms with Gasteiger partial charge in [0.2, 0.25) is 0 Å². The number of aromatic nitrogens is 1. The second-order valence-corrected chi connectivity index (χ2v) is 4.64. The molecule has 0 aliphatic heterocycles. The first kappa shape index (κ1) is 11.2. The maximum absolute atomic E-state index is 5.60. The van der Waals surface area contributed by atoms with E-state index in [0.717, 1.165) is 5.03 Å². The van der Waals surface area contributed by atoms with E-state index in [1.54, 1.807) is 11.8 Å². The smallest absolute Gasteiger partial charge is 0.101 e. The zero-order valence-corrected chi connectivity index (χ0v) is 10.00. The van der Waals surface area contributed by atoms with Crippen LogP contribution in [0, 0.1) is 6.92 Å². The quantitative estimate of drug-likeness (QED) is 0.881. The second kappa shape index (κ2) is 5.14. The highest BCUT2D eigenvalue weighted by molar-refractivity contribution is 7.99. The van der Waals surface area contributed by atoms with Crippen LogP contribution in [0.25, 0.3) is 0 Å². The predicted molar refractivity (Wildman–Crippen MR) is 67.4 cm³/mol. The van der Waals surface area contributed by atoms with Crippen LogP contribution in [0.2, 0.25) is 0 Å². The van der Waals surface area contributed by atoms with Crippen molar-refractivity contribution in [1.29, 1.82) is 0 Å². The summed E-state index contributed by atoms with van der Waals surface area (Å²) in [6, 6.07) is 12.2. The molecular formula is C13H14N2S. The van der Waals surface area contributed by atoms with Crippen LogP contribution in [0.3, 0.4) is 0 Å². The van der Waals surface area contributed by atoms with Crippen LogP contribution in [-0.2, 0) is 6.54 Å². The molecule has 0 atom stereocenters. The third-order valence-corrected chi connectivity index (χ3v) is 3.46. The summed E-state index contributed by atoms with van der Waals surface area (Å²) in [5.41, 5.74) is 8.02. The van der Waals surface area contributed by atoms with Crippen LogP contribution >= 0.6 is 11.8 Å². The fourth-order valence-electron chi connectivity index (χ4n) is 1.47. The molecule has 0 amide bonds. The second-order valence-electron chi connectivity index (χ2n) is 3.57. The third-order valence-electron chi connectivity index (χ3n) is 2.33. The molecule has 3 heteroatoms. The van der Waals surface area contributed by atoms with Gasteiger partial charge in [0.1, 0.15) is 5.03 Å². The molecule has 2 rings (SSSR count). The van der Waals surface area contributed by atoms with Crippen LogP contribution in [0.1, 0.15) is 11.1 Å². The fourth-order valence-corrected chi connectivity index (χ4v) is 2.31. The van der Waals surface area contributed by atoms with Gasteiger partial charge in [-0.25, -0.2) is 4.98 Å². The van der Waals surface area contributed by atoms with E-state index in [2.05, 4.69) is 30.1 Å². The summed E-state index contributed by atoms with van der Waals surface area (Å²) in [5, 5.41) is 1.02. The molecule has 0 saturated heterocycles. The minimum atomic E-state index is 0.593. The van der Waals surface area contributed by atoms with Gasteiger partial charge >= 0.3 is 0 Å². The van der Waals surface area contributed by atoms with Crippen molar-refractivity contribution < 1.29 is 0 Å². The highest BCUT2D eigenvalue weighted by Gasteiger charge is 2.02. The van der Waals surface area contributed by atoms with Crippen molar-refractivity contribution in [2.24, 2.45) is 5.73 Å². The van der Waals surface area contributed by atoms with Gasteiger partial charge in [0.25, 0.3) is 0 Å². The molecule has 0 spiro atoms. The Morgan fingerprint density at radius 2 is 2.12 bits per heavy atom. The Bertz CT molecular complexity index is 469. The molecule has 1 heterocycles. The number of benzene rings is 1. The van der Waals surface area contributed by atoms with Crippen molar-refractivity contribution >= 4 is 11.8 Å². The van der Waals surface area contributed by atoms with Crippen LogP contribution in [0.4, 0.5) is 0 Å². The summed E-state index contributed by atoms with van der Waals surface area (Å²) in [5.74, 6) is 0. The lowest BCUT2D eigenvalue weighted by molar-refractivity contribution is 1.05. The molecule has 0 bridgehead atoms. The number of hydrogen-bond acceptors (Lipinski definition) is 3. The van der Waals surface area contributed by atoms with Crippen LogP contribution in [0.15, 0.2) is 52.5 Å².